The molecule has 0 aliphatic heterocycles. The minimum atomic E-state index is 0.441. The van der Waals surface area contributed by atoms with Gasteiger partial charge in [-0.2, -0.15) is 0 Å². The lowest BCUT2D eigenvalue weighted by Gasteiger charge is -2.27. The van der Waals surface area contributed by atoms with Gasteiger partial charge in [0, 0.05) is 10.5 Å². The molecule has 3 heteroatoms. The van der Waals surface area contributed by atoms with Crippen molar-refractivity contribution in [3.8, 4) is 0 Å². The summed E-state index contributed by atoms with van der Waals surface area (Å²) in [7, 11) is 4.24. The predicted molar refractivity (Wildman–Crippen MR) is 73.4 cm³/mol. The van der Waals surface area contributed by atoms with E-state index in [1.54, 1.807) is 0 Å². The predicted octanol–water partition coefficient (Wildman–Crippen LogP) is 3.04. The van der Waals surface area contributed by atoms with Crippen molar-refractivity contribution in [2.24, 2.45) is 11.7 Å². The van der Waals surface area contributed by atoms with E-state index >= 15 is 0 Å². The molecule has 90 valence electrons. The Hall–Kier alpha value is -0.380. The van der Waals surface area contributed by atoms with E-state index in [0.717, 1.165) is 17.4 Å². The fraction of sp³-hybridized carbons (Fsp3) is 0.538. The third-order valence-corrected chi connectivity index (χ3v) is 3.38. The molecular formula is C13H21BrN2. The monoisotopic (exact) mass is 284 g/mol. The van der Waals surface area contributed by atoms with Crippen LogP contribution >= 0.6 is 15.9 Å². The number of hydrogen-bond acceptors (Lipinski definition) is 2. The van der Waals surface area contributed by atoms with E-state index in [4.69, 9.17) is 5.73 Å². The van der Waals surface area contributed by atoms with Crippen LogP contribution in [0.4, 0.5) is 0 Å². The SMILES string of the molecule is CC(CN)CC(c1cccc(Br)c1)N(C)C. The Morgan fingerprint density at radius 1 is 1.38 bits per heavy atom. The van der Waals surface area contributed by atoms with Crippen molar-refractivity contribution < 1.29 is 0 Å². The number of benzene rings is 1. The Bertz CT molecular complexity index is 325. The van der Waals surface area contributed by atoms with Gasteiger partial charge in [0.05, 0.1) is 0 Å². The van der Waals surface area contributed by atoms with Crippen LogP contribution in [0, 0.1) is 5.92 Å². The molecule has 0 saturated carbocycles. The van der Waals surface area contributed by atoms with Gasteiger partial charge in [0.15, 0.2) is 0 Å². The lowest BCUT2D eigenvalue weighted by atomic mass is 9.95. The molecule has 0 heterocycles. The molecule has 0 aromatic heterocycles. The van der Waals surface area contributed by atoms with E-state index in [2.05, 4.69) is 66.1 Å². The number of rotatable bonds is 5. The highest BCUT2D eigenvalue weighted by Gasteiger charge is 2.16. The third kappa shape index (κ3) is 3.89. The van der Waals surface area contributed by atoms with E-state index in [1.165, 1.54) is 5.56 Å². The molecule has 16 heavy (non-hydrogen) atoms. The van der Waals surface area contributed by atoms with Gasteiger partial charge in [-0.15, -0.1) is 0 Å². The molecule has 2 nitrogen and oxygen atoms in total. The van der Waals surface area contributed by atoms with E-state index in [1.807, 2.05) is 0 Å². The molecule has 2 unspecified atom stereocenters. The van der Waals surface area contributed by atoms with Crippen LogP contribution in [0.2, 0.25) is 0 Å². The maximum Gasteiger partial charge on any atom is 0.0345 e. The summed E-state index contributed by atoms with van der Waals surface area (Å²) >= 11 is 3.52. The summed E-state index contributed by atoms with van der Waals surface area (Å²) < 4.78 is 1.14. The lowest BCUT2D eigenvalue weighted by molar-refractivity contribution is 0.255. The van der Waals surface area contributed by atoms with Crippen molar-refractivity contribution in [2.75, 3.05) is 20.6 Å². The van der Waals surface area contributed by atoms with Crippen LogP contribution < -0.4 is 5.73 Å². The van der Waals surface area contributed by atoms with Crippen molar-refractivity contribution in [1.82, 2.24) is 4.90 Å². The molecule has 0 radical (unpaired) electrons. The van der Waals surface area contributed by atoms with Gasteiger partial charge < -0.3 is 10.6 Å². The summed E-state index contributed by atoms with van der Waals surface area (Å²) in [5, 5.41) is 0. The number of halogens is 1. The molecule has 1 rings (SSSR count). The van der Waals surface area contributed by atoms with Crippen LogP contribution in [0.3, 0.4) is 0 Å². The first-order chi connectivity index (χ1) is 7.54. The van der Waals surface area contributed by atoms with Crippen molar-refractivity contribution in [3.05, 3.63) is 34.3 Å². The zero-order valence-electron chi connectivity index (χ0n) is 10.3. The average Bonchev–Trinajstić information content (AvgIpc) is 2.25. The summed E-state index contributed by atoms with van der Waals surface area (Å²) in [4.78, 5) is 2.26. The van der Waals surface area contributed by atoms with Crippen molar-refractivity contribution >= 4 is 15.9 Å². The van der Waals surface area contributed by atoms with Gasteiger partial charge in [0.25, 0.3) is 0 Å². The molecule has 1 aromatic rings. The Morgan fingerprint density at radius 3 is 2.56 bits per heavy atom. The van der Waals surface area contributed by atoms with E-state index in [9.17, 15) is 0 Å². The number of hydrogen-bond donors (Lipinski definition) is 1. The zero-order valence-corrected chi connectivity index (χ0v) is 11.9. The van der Waals surface area contributed by atoms with Crippen LogP contribution in [-0.4, -0.2) is 25.5 Å². The smallest absolute Gasteiger partial charge is 0.0345 e. The fourth-order valence-electron chi connectivity index (χ4n) is 1.84. The van der Waals surface area contributed by atoms with Gasteiger partial charge in [-0.25, -0.2) is 0 Å². The number of nitrogens with zero attached hydrogens (tertiary/aromatic N) is 1. The van der Waals surface area contributed by atoms with Gasteiger partial charge in [0.1, 0.15) is 0 Å². The van der Waals surface area contributed by atoms with E-state index in [0.29, 0.717) is 12.0 Å². The lowest BCUT2D eigenvalue weighted by Crippen LogP contribution is -2.24. The largest absolute Gasteiger partial charge is 0.330 e. The van der Waals surface area contributed by atoms with Crippen LogP contribution in [0.25, 0.3) is 0 Å². The van der Waals surface area contributed by atoms with E-state index < -0.39 is 0 Å². The zero-order chi connectivity index (χ0) is 12.1. The molecule has 2 atom stereocenters. The highest BCUT2D eigenvalue weighted by atomic mass is 79.9. The minimum absolute atomic E-state index is 0.441. The van der Waals surface area contributed by atoms with Crippen LogP contribution in [-0.2, 0) is 0 Å². The normalized spacial score (nSPS) is 15.1. The van der Waals surface area contributed by atoms with Crippen molar-refractivity contribution in [3.63, 3.8) is 0 Å². The maximum atomic E-state index is 5.70. The van der Waals surface area contributed by atoms with Gasteiger partial charge in [-0.05, 0) is 50.7 Å². The summed E-state index contributed by atoms with van der Waals surface area (Å²) in [5.41, 5.74) is 7.05. The summed E-state index contributed by atoms with van der Waals surface area (Å²) in [5.74, 6) is 0.548. The molecular weight excluding hydrogens is 264 g/mol. The number of nitrogens with two attached hydrogens (primary N) is 1. The topological polar surface area (TPSA) is 29.3 Å². The standard InChI is InChI=1S/C13H21BrN2/c1-10(9-15)7-13(16(2)3)11-5-4-6-12(14)8-11/h4-6,8,10,13H,7,9,15H2,1-3H3. The van der Waals surface area contributed by atoms with Gasteiger partial charge in [-0.1, -0.05) is 35.0 Å². The summed E-state index contributed by atoms with van der Waals surface area (Å²) in [6.07, 6.45) is 1.10. The molecule has 0 amide bonds. The van der Waals surface area contributed by atoms with Gasteiger partial charge in [0.2, 0.25) is 0 Å². The van der Waals surface area contributed by atoms with Crippen molar-refractivity contribution in [2.45, 2.75) is 19.4 Å². The fourth-order valence-corrected chi connectivity index (χ4v) is 2.25. The quantitative estimate of drug-likeness (QED) is 0.901. The first-order valence-corrected chi connectivity index (χ1v) is 6.45. The third-order valence-electron chi connectivity index (χ3n) is 2.88. The van der Waals surface area contributed by atoms with E-state index in [-0.39, 0.29) is 0 Å². The highest BCUT2D eigenvalue weighted by molar-refractivity contribution is 9.10. The molecule has 0 fully saturated rings. The molecule has 1 aromatic carbocycles. The Balaban J connectivity index is 2.85. The minimum Gasteiger partial charge on any atom is -0.330 e. The Morgan fingerprint density at radius 2 is 2.06 bits per heavy atom. The molecule has 0 aliphatic rings. The van der Waals surface area contributed by atoms with Crippen LogP contribution in [0.1, 0.15) is 24.9 Å². The summed E-state index contributed by atoms with van der Waals surface area (Å²) in [6, 6.07) is 8.95. The van der Waals surface area contributed by atoms with Gasteiger partial charge >= 0.3 is 0 Å². The molecule has 0 bridgehead atoms. The first kappa shape index (κ1) is 13.7. The average molecular weight is 285 g/mol. The molecule has 0 spiro atoms. The molecule has 0 saturated heterocycles. The van der Waals surface area contributed by atoms with Gasteiger partial charge in [-0.3, -0.25) is 0 Å². The molecule has 0 aliphatic carbocycles. The summed E-state index contributed by atoms with van der Waals surface area (Å²) in [6.45, 7) is 2.95. The Labute approximate surface area is 107 Å². The first-order valence-electron chi connectivity index (χ1n) is 5.66. The maximum absolute atomic E-state index is 5.70. The second-order valence-electron chi connectivity index (χ2n) is 4.61. The second-order valence-corrected chi connectivity index (χ2v) is 5.53. The van der Waals surface area contributed by atoms with Crippen LogP contribution in [0.5, 0.6) is 0 Å². The molecule has 2 N–H and O–H groups in total. The second kappa shape index (κ2) is 6.38. The van der Waals surface area contributed by atoms with Crippen LogP contribution in [0.15, 0.2) is 28.7 Å². The highest BCUT2D eigenvalue weighted by Crippen LogP contribution is 2.27. The van der Waals surface area contributed by atoms with Crippen molar-refractivity contribution in [1.29, 1.82) is 0 Å². The Kier molecular flexibility index (Phi) is 5.46.